The van der Waals surface area contributed by atoms with Crippen LogP contribution in [0.15, 0.2) is 48.5 Å². The summed E-state index contributed by atoms with van der Waals surface area (Å²) in [6, 6.07) is 13.1. The van der Waals surface area contributed by atoms with E-state index in [1.54, 1.807) is 6.92 Å². The normalized spacial score (nSPS) is 13.0. The SMILES string of the molecule is COc1ccc(F)cc1NC(=O)NCC(CC(C)O)c1ccccc1. The Balaban J connectivity index is 2.00. The highest BCUT2D eigenvalue weighted by Gasteiger charge is 2.16. The lowest BCUT2D eigenvalue weighted by Crippen LogP contribution is -2.33. The van der Waals surface area contributed by atoms with Gasteiger partial charge < -0.3 is 20.5 Å². The van der Waals surface area contributed by atoms with Crippen LogP contribution in [-0.2, 0) is 0 Å². The Morgan fingerprint density at radius 1 is 1.24 bits per heavy atom. The predicted molar refractivity (Wildman–Crippen MR) is 95.5 cm³/mol. The summed E-state index contributed by atoms with van der Waals surface area (Å²) in [6.45, 7) is 2.06. The largest absolute Gasteiger partial charge is 0.495 e. The van der Waals surface area contributed by atoms with E-state index >= 15 is 0 Å². The average molecular weight is 346 g/mol. The first-order valence-electron chi connectivity index (χ1n) is 8.11. The van der Waals surface area contributed by atoms with Gasteiger partial charge in [0.25, 0.3) is 0 Å². The zero-order valence-electron chi connectivity index (χ0n) is 14.3. The van der Waals surface area contributed by atoms with Crippen molar-refractivity contribution in [3.05, 3.63) is 59.9 Å². The Morgan fingerprint density at radius 3 is 2.60 bits per heavy atom. The summed E-state index contributed by atoms with van der Waals surface area (Å²) in [7, 11) is 1.45. The first kappa shape index (κ1) is 18.7. The van der Waals surface area contributed by atoms with Crippen molar-refractivity contribution in [3.8, 4) is 5.75 Å². The number of carbonyl (C=O) groups is 1. The van der Waals surface area contributed by atoms with E-state index in [-0.39, 0.29) is 11.6 Å². The molecule has 2 amide bonds. The zero-order valence-corrected chi connectivity index (χ0v) is 14.3. The lowest BCUT2D eigenvalue weighted by molar-refractivity contribution is 0.173. The number of ether oxygens (including phenoxy) is 1. The number of rotatable bonds is 7. The molecule has 0 aliphatic rings. The minimum absolute atomic E-state index is 0.0265. The predicted octanol–water partition coefficient (Wildman–Crippen LogP) is 3.51. The van der Waals surface area contributed by atoms with E-state index < -0.39 is 18.0 Å². The maximum absolute atomic E-state index is 13.4. The fourth-order valence-electron chi connectivity index (χ4n) is 2.63. The molecule has 6 heteroatoms. The lowest BCUT2D eigenvalue weighted by atomic mass is 9.93. The van der Waals surface area contributed by atoms with Gasteiger partial charge in [-0.3, -0.25) is 0 Å². The maximum atomic E-state index is 13.4. The Hall–Kier alpha value is -2.60. The molecule has 0 aliphatic carbocycles. The van der Waals surface area contributed by atoms with E-state index in [2.05, 4.69) is 10.6 Å². The van der Waals surface area contributed by atoms with Gasteiger partial charge >= 0.3 is 6.03 Å². The van der Waals surface area contributed by atoms with E-state index in [0.29, 0.717) is 18.7 Å². The van der Waals surface area contributed by atoms with Crippen LogP contribution < -0.4 is 15.4 Å². The van der Waals surface area contributed by atoms with Crippen LogP contribution in [0.2, 0.25) is 0 Å². The highest BCUT2D eigenvalue weighted by molar-refractivity contribution is 5.90. The van der Waals surface area contributed by atoms with Gasteiger partial charge in [-0.15, -0.1) is 0 Å². The fourth-order valence-corrected chi connectivity index (χ4v) is 2.63. The number of halogens is 1. The van der Waals surface area contributed by atoms with E-state index in [4.69, 9.17) is 4.74 Å². The number of aliphatic hydroxyl groups excluding tert-OH is 1. The second-order valence-corrected chi connectivity index (χ2v) is 5.87. The molecule has 0 heterocycles. The van der Waals surface area contributed by atoms with Crippen molar-refractivity contribution in [2.45, 2.75) is 25.4 Å². The second kappa shape index (κ2) is 9.03. The number of urea groups is 1. The van der Waals surface area contributed by atoms with E-state index in [1.807, 2.05) is 30.3 Å². The monoisotopic (exact) mass is 346 g/mol. The van der Waals surface area contributed by atoms with Crippen molar-refractivity contribution in [1.29, 1.82) is 0 Å². The summed E-state index contributed by atoms with van der Waals surface area (Å²) in [5.74, 6) is -0.117. The van der Waals surface area contributed by atoms with Crippen molar-refractivity contribution in [1.82, 2.24) is 5.32 Å². The molecule has 2 rings (SSSR count). The highest BCUT2D eigenvalue weighted by Crippen LogP contribution is 2.25. The van der Waals surface area contributed by atoms with Gasteiger partial charge in [0.1, 0.15) is 11.6 Å². The molecule has 2 atom stereocenters. The van der Waals surface area contributed by atoms with Crippen molar-refractivity contribution in [2.24, 2.45) is 0 Å². The molecule has 0 saturated heterocycles. The molecule has 25 heavy (non-hydrogen) atoms. The summed E-state index contributed by atoms with van der Waals surface area (Å²) in [6.07, 6.45) is 0.0338. The van der Waals surface area contributed by atoms with Crippen molar-refractivity contribution < 1.29 is 19.0 Å². The molecule has 0 radical (unpaired) electrons. The summed E-state index contributed by atoms with van der Waals surface area (Å²) in [4.78, 5) is 12.2. The number of hydrogen-bond donors (Lipinski definition) is 3. The molecule has 3 N–H and O–H groups in total. The van der Waals surface area contributed by atoms with Crippen LogP contribution in [0.3, 0.4) is 0 Å². The number of aliphatic hydroxyl groups is 1. The maximum Gasteiger partial charge on any atom is 0.319 e. The number of methoxy groups -OCH3 is 1. The standard InChI is InChI=1S/C19H23FN2O3/c1-13(23)10-15(14-6-4-3-5-7-14)12-21-19(24)22-17-11-16(20)8-9-18(17)25-2/h3-9,11,13,15,23H,10,12H2,1-2H3,(H2,21,22,24). The van der Waals surface area contributed by atoms with Crippen molar-refractivity contribution >= 4 is 11.7 Å². The molecule has 2 aromatic rings. The van der Waals surface area contributed by atoms with Gasteiger partial charge in [-0.2, -0.15) is 0 Å². The molecule has 2 unspecified atom stereocenters. The van der Waals surface area contributed by atoms with Gasteiger partial charge in [0.2, 0.25) is 0 Å². The number of nitrogens with one attached hydrogen (secondary N) is 2. The van der Waals surface area contributed by atoms with Gasteiger partial charge in [0, 0.05) is 18.5 Å². The third-order valence-electron chi connectivity index (χ3n) is 3.82. The fraction of sp³-hybridized carbons (Fsp3) is 0.316. The van der Waals surface area contributed by atoms with Crippen molar-refractivity contribution in [2.75, 3.05) is 19.0 Å². The number of carbonyl (C=O) groups excluding carboxylic acids is 1. The van der Waals surface area contributed by atoms with E-state index in [1.165, 1.54) is 25.3 Å². The lowest BCUT2D eigenvalue weighted by Gasteiger charge is -2.20. The summed E-state index contributed by atoms with van der Waals surface area (Å²) < 4.78 is 18.5. The molecule has 0 aromatic heterocycles. The van der Waals surface area contributed by atoms with Gasteiger partial charge in [-0.1, -0.05) is 30.3 Å². The Kier molecular flexibility index (Phi) is 6.77. The smallest absolute Gasteiger partial charge is 0.319 e. The second-order valence-electron chi connectivity index (χ2n) is 5.87. The third kappa shape index (κ3) is 5.76. The first-order chi connectivity index (χ1) is 12.0. The zero-order chi connectivity index (χ0) is 18.2. The Labute approximate surface area is 146 Å². The quantitative estimate of drug-likeness (QED) is 0.718. The third-order valence-corrected chi connectivity index (χ3v) is 3.82. The summed E-state index contributed by atoms with van der Waals surface area (Å²) >= 11 is 0. The molecule has 0 fully saturated rings. The molecular weight excluding hydrogens is 323 g/mol. The molecule has 0 spiro atoms. The minimum atomic E-state index is -0.488. The van der Waals surface area contributed by atoms with Crippen LogP contribution >= 0.6 is 0 Å². The van der Waals surface area contributed by atoms with Crippen LogP contribution in [0, 0.1) is 5.82 Å². The molecule has 0 aliphatic heterocycles. The minimum Gasteiger partial charge on any atom is -0.495 e. The van der Waals surface area contributed by atoms with Crippen LogP contribution in [0.5, 0.6) is 5.75 Å². The molecule has 134 valence electrons. The highest BCUT2D eigenvalue weighted by atomic mass is 19.1. The number of hydrogen-bond acceptors (Lipinski definition) is 3. The van der Waals surface area contributed by atoms with E-state index in [0.717, 1.165) is 5.56 Å². The van der Waals surface area contributed by atoms with Crippen LogP contribution in [0.4, 0.5) is 14.9 Å². The summed E-state index contributed by atoms with van der Waals surface area (Å²) in [5.41, 5.74) is 1.29. The van der Waals surface area contributed by atoms with Gasteiger partial charge in [0.15, 0.2) is 0 Å². The van der Waals surface area contributed by atoms with Crippen LogP contribution in [0.1, 0.15) is 24.8 Å². The van der Waals surface area contributed by atoms with Crippen molar-refractivity contribution in [3.63, 3.8) is 0 Å². The van der Waals surface area contributed by atoms with Crippen LogP contribution in [-0.4, -0.2) is 30.9 Å². The molecular formula is C19H23FN2O3. The first-order valence-corrected chi connectivity index (χ1v) is 8.11. The number of amides is 2. The molecule has 2 aromatic carbocycles. The Bertz CT molecular complexity index is 692. The van der Waals surface area contributed by atoms with Gasteiger partial charge in [-0.25, -0.2) is 9.18 Å². The molecule has 0 bridgehead atoms. The number of anilines is 1. The topological polar surface area (TPSA) is 70.6 Å². The Morgan fingerprint density at radius 2 is 1.96 bits per heavy atom. The van der Waals surface area contributed by atoms with Gasteiger partial charge in [0.05, 0.1) is 18.9 Å². The molecule has 5 nitrogen and oxygen atoms in total. The molecule has 0 saturated carbocycles. The summed E-state index contributed by atoms with van der Waals surface area (Å²) in [5, 5.41) is 15.0. The van der Waals surface area contributed by atoms with E-state index in [9.17, 15) is 14.3 Å². The van der Waals surface area contributed by atoms with Crippen LogP contribution in [0.25, 0.3) is 0 Å². The average Bonchev–Trinajstić information content (AvgIpc) is 2.59. The number of benzene rings is 2. The van der Waals surface area contributed by atoms with Gasteiger partial charge in [-0.05, 0) is 31.0 Å².